The lowest BCUT2D eigenvalue weighted by Crippen LogP contribution is -2.15. The van der Waals surface area contributed by atoms with Crippen molar-refractivity contribution in [2.45, 2.75) is 13.0 Å². The van der Waals surface area contributed by atoms with Crippen LogP contribution in [0.3, 0.4) is 0 Å². The third-order valence-electron chi connectivity index (χ3n) is 1.83. The van der Waals surface area contributed by atoms with Gasteiger partial charge in [0.15, 0.2) is 0 Å². The number of benzene rings is 1. The van der Waals surface area contributed by atoms with Gasteiger partial charge in [0.05, 0.1) is 5.02 Å². The lowest BCUT2D eigenvalue weighted by molar-refractivity contribution is 0.588. The van der Waals surface area contributed by atoms with Gasteiger partial charge in [-0.3, -0.25) is 0 Å². The van der Waals surface area contributed by atoms with Crippen LogP contribution in [0.4, 0.5) is 4.39 Å². The van der Waals surface area contributed by atoms with Crippen molar-refractivity contribution in [3.63, 3.8) is 0 Å². The van der Waals surface area contributed by atoms with Gasteiger partial charge in [0.2, 0.25) is 0 Å². The van der Waals surface area contributed by atoms with Crippen LogP contribution in [0.1, 0.15) is 12.0 Å². The normalized spacial score (nSPS) is 10.5. The molecule has 78 valence electrons. The van der Waals surface area contributed by atoms with Crippen molar-refractivity contribution in [2.75, 3.05) is 11.0 Å². The average molecular weight is 328 g/mol. The number of halogens is 3. The predicted octanol–water partition coefficient (Wildman–Crippen LogP) is 3.39. The summed E-state index contributed by atoms with van der Waals surface area (Å²) in [4.78, 5) is 0. The molecule has 0 unspecified atom stereocenters. The Morgan fingerprint density at radius 3 is 2.93 bits per heavy atom. The molecule has 0 aliphatic heterocycles. The minimum Gasteiger partial charge on any atom is -0.313 e. The smallest absolute Gasteiger partial charge is 0.146 e. The van der Waals surface area contributed by atoms with E-state index < -0.39 is 0 Å². The molecule has 1 aromatic rings. The van der Waals surface area contributed by atoms with Crippen molar-refractivity contribution in [3.8, 4) is 0 Å². The molecule has 1 nitrogen and oxygen atoms in total. The van der Waals surface area contributed by atoms with Crippen molar-refractivity contribution in [3.05, 3.63) is 34.6 Å². The average Bonchev–Trinajstić information content (AvgIpc) is 2.19. The summed E-state index contributed by atoms with van der Waals surface area (Å²) in [5.74, 6) is -0.309. The monoisotopic (exact) mass is 327 g/mol. The molecule has 0 heterocycles. The summed E-state index contributed by atoms with van der Waals surface area (Å²) >= 11 is 7.97. The van der Waals surface area contributed by atoms with Gasteiger partial charge in [-0.05, 0) is 19.0 Å². The van der Waals surface area contributed by atoms with Gasteiger partial charge in [0.1, 0.15) is 5.82 Å². The molecule has 0 bridgehead atoms. The summed E-state index contributed by atoms with van der Waals surface area (Å²) < 4.78 is 14.5. The van der Waals surface area contributed by atoms with E-state index in [1.807, 2.05) is 0 Å². The highest BCUT2D eigenvalue weighted by molar-refractivity contribution is 14.1. The van der Waals surface area contributed by atoms with E-state index >= 15 is 0 Å². The molecule has 4 heteroatoms. The highest BCUT2D eigenvalue weighted by Crippen LogP contribution is 2.17. The fourth-order valence-corrected chi connectivity index (χ4v) is 1.68. The quantitative estimate of drug-likeness (QED) is 0.496. The zero-order valence-electron chi connectivity index (χ0n) is 7.69. The minimum absolute atomic E-state index is 0.193. The fourth-order valence-electron chi connectivity index (χ4n) is 1.10. The van der Waals surface area contributed by atoms with Crippen LogP contribution < -0.4 is 5.32 Å². The summed E-state index contributed by atoms with van der Waals surface area (Å²) in [5.41, 5.74) is 0.631. The molecule has 0 fully saturated rings. The Morgan fingerprint density at radius 1 is 1.43 bits per heavy atom. The maximum atomic E-state index is 13.3. The molecule has 0 spiro atoms. The molecule has 0 saturated heterocycles. The van der Waals surface area contributed by atoms with Crippen LogP contribution in [0.25, 0.3) is 0 Å². The van der Waals surface area contributed by atoms with Crippen LogP contribution in [-0.4, -0.2) is 11.0 Å². The van der Waals surface area contributed by atoms with Gasteiger partial charge in [-0.25, -0.2) is 4.39 Å². The molecule has 0 aromatic heterocycles. The van der Waals surface area contributed by atoms with E-state index in [0.29, 0.717) is 12.1 Å². The SMILES string of the molecule is Fc1c(Cl)cccc1CNCCCI. The molecule has 0 radical (unpaired) electrons. The molecule has 0 amide bonds. The van der Waals surface area contributed by atoms with Crippen molar-refractivity contribution in [1.82, 2.24) is 5.32 Å². The first-order valence-electron chi connectivity index (χ1n) is 4.45. The van der Waals surface area contributed by atoms with E-state index in [1.54, 1.807) is 18.2 Å². The van der Waals surface area contributed by atoms with Crippen molar-refractivity contribution >= 4 is 34.2 Å². The third-order valence-corrected chi connectivity index (χ3v) is 2.89. The Morgan fingerprint density at radius 2 is 2.21 bits per heavy atom. The van der Waals surface area contributed by atoms with Gasteiger partial charge in [-0.2, -0.15) is 0 Å². The first-order chi connectivity index (χ1) is 6.75. The molecule has 0 aliphatic rings. The minimum atomic E-state index is -0.309. The highest BCUT2D eigenvalue weighted by atomic mass is 127. The predicted molar refractivity (Wildman–Crippen MR) is 66.6 cm³/mol. The lowest BCUT2D eigenvalue weighted by Gasteiger charge is -2.05. The zero-order chi connectivity index (χ0) is 10.4. The van der Waals surface area contributed by atoms with Crippen LogP contribution in [0.5, 0.6) is 0 Å². The first-order valence-corrected chi connectivity index (χ1v) is 6.35. The van der Waals surface area contributed by atoms with Gasteiger partial charge in [-0.15, -0.1) is 0 Å². The largest absolute Gasteiger partial charge is 0.313 e. The number of nitrogens with one attached hydrogen (secondary N) is 1. The van der Waals surface area contributed by atoms with E-state index in [1.165, 1.54) is 0 Å². The second kappa shape index (κ2) is 6.58. The second-order valence-electron chi connectivity index (χ2n) is 2.93. The van der Waals surface area contributed by atoms with Crippen molar-refractivity contribution in [2.24, 2.45) is 0 Å². The molecular weight excluding hydrogens is 315 g/mol. The second-order valence-corrected chi connectivity index (χ2v) is 4.42. The van der Waals surface area contributed by atoms with E-state index in [9.17, 15) is 4.39 Å². The topological polar surface area (TPSA) is 12.0 Å². The molecule has 14 heavy (non-hydrogen) atoms. The van der Waals surface area contributed by atoms with Gasteiger partial charge in [0, 0.05) is 16.5 Å². The number of hydrogen-bond acceptors (Lipinski definition) is 1. The van der Waals surface area contributed by atoms with Crippen LogP contribution in [-0.2, 0) is 6.54 Å². The van der Waals surface area contributed by atoms with Crippen molar-refractivity contribution in [1.29, 1.82) is 0 Å². The summed E-state index contributed by atoms with van der Waals surface area (Å²) in [6.45, 7) is 1.46. The summed E-state index contributed by atoms with van der Waals surface area (Å²) in [5, 5.41) is 3.36. The molecular formula is C10H12ClFIN. The van der Waals surface area contributed by atoms with Gasteiger partial charge < -0.3 is 5.32 Å². The number of hydrogen-bond donors (Lipinski definition) is 1. The van der Waals surface area contributed by atoms with Crippen LogP contribution in [0, 0.1) is 5.82 Å². The Hall–Kier alpha value is 0.130. The van der Waals surface area contributed by atoms with E-state index in [0.717, 1.165) is 17.4 Å². The Kier molecular flexibility index (Phi) is 5.74. The molecule has 1 rings (SSSR count). The van der Waals surface area contributed by atoms with Gasteiger partial charge in [0.25, 0.3) is 0 Å². The van der Waals surface area contributed by atoms with E-state index in [2.05, 4.69) is 27.9 Å². The standard InChI is InChI=1S/C10H12ClFIN/c11-9-4-1-3-8(10(9)12)7-14-6-2-5-13/h1,3-4,14H,2,5-7H2. The molecule has 1 aromatic carbocycles. The summed E-state index contributed by atoms with van der Waals surface area (Å²) in [6, 6.07) is 5.07. The first kappa shape index (κ1) is 12.2. The van der Waals surface area contributed by atoms with Crippen LogP contribution >= 0.6 is 34.2 Å². The summed E-state index contributed by atoms with van der Waals surface area (Å²) in [6.07, 6.45) is 1.10. The van der Waals surface area contributed by atoms with Crippen LogP contribution in [0.2, 0.25) is 5.02 Å². The molecule has 0 atom stereocenters. The Labute approximate surface area is 102 Å². The van der Waals surface area contributed by atoms with E-state index in [-0.39, 0.29) is 10.8 Å². The van der Waals surface area contributed by atoms with Gasteiger partial charge in [-0.1, -0.05) is 46.3 Å². The molecule has 0 aliphatic carbocycles. The maximum Gasteiger partial charge on any atom is 0.146 e. The number of rotatable bonds is 5. The Balaban J connectivity index is 2.46. The zero-order valence-corrected chi connectivity index (χ0v) is 10.6. The summed E-state index contributed by atoms with van der Waals surface area (Å²) in [7, 11) is 0. The maximum absolute atomic E-state index is 13.3. The van der Waals surface area contributed by atoms with E-state index in [4.69, 9.17) is 11.6 Å². The highest BCUT2D eigenvalue weighted by Gasteiger charge is 2.04. The van der Waals surface area contributed by atoms with Gasteiger partial charge >= 0.3 is 0 Å². The Bertz CT molecular complexity index is 293. The molecule has 1 N–H and O–H groups in total. The van der Waals surface area contributed by atoms with Crippen LogP contribution in [0.15, 0.2) is 18.2 Å². The third kappa shape index (κ3) is 3.71. The number of alkyl halides is 1. The lowest BCUT2D eigenvalue weighted by atomic mass is 10.2. The fraction of sp³-hybridized carbons (Fsp3) is 0.400. The molecule has 0 saturated carbocycles. The van der Waals surface area contributed by atoms with Crippen molar-refractivity contribution < 1.29 is 4.39 Å².